The molecule has 3 amide bonds. The van der Waals surface area contributed by atoms with Crippen molar-refractivity contribution in [1.29, 1.82) is 0 Å². The fraction of sp³-hybridized carbons (Fsp3) is 0.320. The van der Waals surface area contributed by atoms with E-state index >= 15 is 0 Å². The standard InChI is InChI=1S/C25H29N3O3/c1-16-12-17(2)25(18(3)13-16)26-23(30)15-27(5)24(31)14-22-21-9-7-6-8-20(21)10-11-28(22)19(4)29/h6-13,22H,14-15H2,1-5H3,(H,26,30)/t22-/m1/s1. The first-order valence-corrected chi connectivity index (χ1v) is 10.3. The van der Waals surface area contributed by atoms with Crippen molar-refractivity contribution in [2.24, 2.45) is 0 Å². The van der Waals surface area contributed by atoms with Gasteiger partial charge in [0.15, 0.2) is 0 Å². The third-order valence-corrected chi connectivity index (χ3v) is 5.59. The molecule has 3 rings (SSSR count). The quantitative estimate of drug-likeness (QED) is 0.797. The fourth-order valence-corrected chi connectivity index (χ4v) is 4.09. The molecule has 2 aromatic carbocycles. The molecule has 1 heterocycles. The zero-order valence-corrected chi connectivity index (χ0v) is 18.7. The largest absolute Gasteiger partial charge is 0.336 e. The number of hydrogen-bond acceptors (Lipinski definition) is 3. The molecule has 0 aliphatic carbocycles. The Morgan fingerprint density at radius 1 is 1.06 bits per heavy atom. The maximum absolute atomic E-state index is 12.9. The molecule has 162 valence electrons. The number of rotatable bonds is 5. The summed E-state index contributed by atoms with van der Waals surface area (Å²) < 4.78 is 0. The van der Waals surface area contributed by atoms with Gasteiger partial charge in [-0.15, -0.1) is 0 Å². The third-order valence-electron chi connectivity index (χ3n) is 5.59. The summed E-state index contributed by atoms with van der Waals surface area (Å²) in [5.74, 6) is -0.582. The summed E-state index contributed by atoms with van der Waals surface area (Å²) in [5.41, 5.74) is 5.81. The average Bonchev–Trinajstić information content (AvgIpc) is 2.70. The second-order valence-electron chi connectivity index (χ2n) is 8.16. The molecule has 1 N–H and O–H groups in total. The lowest BCUT2D eigenvalue weighted by Crippen LogP contribution is -2.39. The number of benzene rings is 2. The summed E-state index contributed by atoms with van der Waals surface area (Å²) in [6.45, 7) is 7.35. The van der Waals surface area contributed by atoms with Crippen LogP contribution in [0.15, 0.2) is 42.6 Å². The predicted octanol–water partition coefficient (Wildman–Crippen LogP) is 3.97. The van der Waals surface area contributed by atoms with E-state index < -0.39 is 6.04 Å². The van der Waals surface area contributed by atoms with Crippen LogP contribution in [-0.2, 0) is 14.4 Å². The Balaban J connectivity index is 1.69. The highest BCUT2D eigenvalue weighted by atomic mass is 16.2. The van der Waals surface area contributed by atoms with Crippen LogP contribution in [0.25, 0.3) is 6.08 Å². The van der Waals surface area contributed by atoms with Gasteiger partial charge in [-0.05, 0) is 49.1 Å². The molecule has 0 aromatic heterocycles. The highest BCUT2D eigenvalue weighted by Crippen LogP contribution is 2.33. The van der Waals surface area contributed by atoms with Gasteiger partial charge in [-0.25, -0.2) is 0 Å². The van der Waals surface area contributed by atoms with E-state index in [1.54, 1.807) is 18.1 Å². The number of carbonyl (C=O) groups is 3. The molecule has 0 fully saturated rings. The first-order valence-electron chi connectivity index (χ1n) is 10.3. The molecule has 0 spiro atoms. The van der Waals surface area contributed by atoms with Crippen molar-refractivity contribution in [3.05, 3.63) is 70.4 Å². The Kier molecular flexibility index (Phi) is 6.59. The minimum Gasteiger partial charge on any atom is -0.336 e. The molecule has 0 saturated heterocycles. The van der Waals surface area contributed by atoms with Gasteiger partial charge < -0.3 is 15.1 Å². The molecule has 1 aliphatic rings. The van der Waals surface area contributed by atoms with Crippen LogP contribution in [-0.4, -0.2) is 41.1 Å². The summed E-state index contributed by atoms with van der Waals surface area (Å²) >= 11 is 0. The number of amides is 3. The summed E-state index contributed by atoms with van der Waals surface area (Å²) in [6, 6.07) is 11.4. The number of aryl methyl sites for hydroxylation is 3. The topological polar surface area (TPSA) is 69.7 Å². The predicted molar refractivity (Wildman–Crippen MR) is 122 cm³/mol. The molecular weight excluding hydrogens is 390 g/mol. The SMILES string of the molecule is CC(=O)N1C=Cc2ccccc2[C@H]1CC(=O)N(C)CC(=O)Nc1c(C)cc(C)cc1C. The van der Waals surface area contributed by atoms with Crippen molar-refractivity contribution in [1.82, 2.24) is 9.80 Å². The van der Waals surface area contributed by atoms with E-state index in [1.807, 2.05) is 63.2 Å². The Morgan fingerprint density at radius 2 is 1.71 bits per heavy atom. The van der Waals surface area contributed by atoms with Crippen molar-refractivity contribution >= 4 is 29.5 Å². The average molecular weight is 420 g/mol. The van der Waals surface area contributed by atoms with Crippen molar-refractivity contribution in [2.45, 2.75) is 40.2 Å². The molecule has 1 aliphatic heterocycles. The lowest BCUT2D eigenvalue weighted by Gasteiger charge is -2.33. The van der Waals surface area contributed by atoms with E-state index in [9.17, 15) is 14.4 Å². The minimum atomic E-state index is -0.390. The van der Waals surface area contributed by atoms with Gasteiger partial charge >= 0.3 is 0 Å². The summed E-state index contributed by atoms with van der Waals surface area (Å²) in [6.07, 6.45) is 3.70. The zero-order valence-electron chi connectivity index (χ0n) is 18.7. The van der Waals surface area contributed by atoms with Gasteiger partial charge in [0.2, 0.25) is 17.7 Å². The highest BCUT2D eigenvalue weighted by molar-refractivity contribution is 5.96. The first kappa shape index (κ1) is 22.3. The number of fused-ring (bicyclic) bond motifs is 1. The van der Waals surface area contributed by atoms with Gasteiger partial charge in [-0.1, -0.05) is 42.0 Å². The molecular formula is C25H29N3O3. The Hall–Kier alpha value is -3.41. The molecule has 6 heteroatoms. The molecule has 0 radical (unpaired) electrons. The van der Waals surface area contributed by atoms with Crippen LogP contribution in [0.2, 0.25) is 0 Å². The molecule has 0 saturated carbocycles. The van der Waals surface area contributed by atoms with Gasteiger partial charge in [0.25, 0.3) is 0 Å². The third kappa shape index (κ3) is 5.02. The second kappa shape index (κ2) is 9.16. The van der Waals surface area contributed by atoms with Crippen LogP contribution in [0.3, 0.4) is 0 Å². The van der Waals surface area contributed by atoms with Crippen molar-refractivity contribution in [3.8, 4) is 0 Å². The van der Waals surface area contributed by atoms with Crippen LogP contribution in [0.5, 0.6) is 0 Å². The molecule has 6 nitrogen and oxygen atoms in total. The maximum atomic E-state index is 12.9. The van der Waals surface area contributed by atoms with Crippen LogP contribution in [0.4, 0.5) is 5.69 Å². The number of nitrogens with zero attached hydrogens (tertiary/aromatic N) is 2. The van der Waals surface area contributed by atoms with Crippen LogP contribution < -0.4 is 5.32 Å². The van der Waals surface area contributed by atoms with Crippen LogP contribution >= 0.6 is 0 Å². The molecule has 2 aromatic rings. The van der Waals surface area contributed by atoms with Gasteiger partial charge in [0.05, 0.1) is 19.0 Å². The number of hydrogen-bond donors (Lipinski definition) is 1. The van der Waals surface area contributed by atoms with Crippen molar-refractivity contribution in [2.75, 3.05) is 18.9 Å². The molecule has 0 unspecified atom stereocenters. The number of likely N-dealkylation sites (N-methyl/N-ethyl adjacent to an activating group) is 1. The van der Waals surface area contributed by atoms with Gasteiger partial charge in [-0.3, -0.25) is 14.4 Å². The van der Waals surface area contributed by atoms with Gasteiger partial charge in [0.1, 0.15) is 0 Å². The smallest absolute Gasteiger partial charge is 0.243 e. The van der Waals surface area contributed by atoms with E-state index in [0.717, 1.165) is 33.5 Å². The van der Waals surface area contributed by atoms with E-state index in [0.29, 0.717) is 0 Å². The number of carbonyl (C=O) groups excluding carboxylic acids is 3. The monoisotopic (exact) mass is 419 g/mol. The zero-order chi connectivity index (χ0) is 22.7. The van der Waals surface area contributed by atoms with E-state index in [1.165, 1.54) is 11.8 Å². The maximum Gasteiger partial charge on any atom is 0.243 e. The lowest BCUT2D eigenvalue weighted by atomic mass is 9.93. The second-order valence-corrected chi connectivity index (χ2v) is 8.16. The van der Waals surface area contributed by atoms with E-state index in [4.69, 9.17) is 0 Å². The molecule has 0 bridgehead atoms. The van der Waals surface area contributed by atoms with Crippen LogP contribution in [0, 0.1) is 20.8 Å². The number of anilines is 1. The first-order chi connectivity index (χ1) is 14.7. The number of nitrogens with one attached hydrogen (secondary N) is 1. The Morgan fingerprint density at radius 3 is 2.35 bits per heavy atom. The lowest BCUT2D eigenvalue weighted by molar-refractivity contribution is -0.136. The summed E-state index contributed by atoms with van der Waals surface area (Å²) in [7, 11) is 1.61. The minimum absolute atomic E-state index is 0.0597. The Labute approximate surface area is 183 Å². The molecule has 31 heavy (non-hydrogen) atoms. The van der Waals surface area contributed by atoms with Crippen LogP contribution in [0.1, 0.15) is 47.2 Å². The van der Waals surface area contributed by atoms with Crippen molar-refractivity contribution < 1.29 is 14.4 Å². The van der Waals surface area contributed by atoms with Crippen molar-refractivity contribution in [3.63, 3.8) is 0 Å². The molecule has 1 atom stereocenters. The fourth-order valence-electron chi connectivity index (χ4n) is 4.09. The summed E-state index contributed by atoms with van der Waals surface area (Å²) in [4.78, 5) is 40.7. The Bertz CT molecular complexity index is 1030. The highest BCUT2D eigenvalue weighted by Gasteiger charge is 2.29. The van der Waals surface area contributed by atoms with Gasteiger partial charge in [0, 0.05) is 25.9 Å². The normalized spacial score (nSPS) is 14.7. The van der Waals surface area contributed by atoms with E-state index in [2.05, 4.69) is 5.32 Å². The van der Waals surface area contributed by atoms with Gasteiger partial charge in [-0.2, -0.15) is 0 Å². The van der Waals surface area contributed by atoms with E-state index in [-0.39, 0.29) is 30.7 Å². The summed E-state index contributed by atoms with van der Waals surface area (Å²) in [5, 5.41) is 2.93.